The summed E-state index contributed by atoms with van der Waals surface area (Å²) in [6, 6.07) is 8.13. The molecule has 2 rings (SSSR count). The van der Waals surface area contributed by atoms with E-state index in [0.29, 0.717) is 17.1 Å². The molecule has 0 heterocycles. The van der Waals surface area contributed by atoms with Crippen molar-refractivity contribution in [3.8, 4) is 0 Å². The quantitative estimate of drug-likeness (QED) is 0.797. The Morgan fingerprint density at radius 3 is 2.53 bits per heavy atom. The predicted octanol–water partition coefficient (Wildman–Crippen LogP) is 3.94. The Hall–Kier alpha value is -1.81. The van der Waals surface area contributed by atoms with Gasteiger partial charge < -0.3 is 11.1 Å². The average Bonchev–Trinajstić information content (AvgIpc) is 2.29. The molecule has 0 spiro atoms. The van der Waals surface area contributed by atoms with E-state index in [0.717, 1.165) is 0 Å². The molecule has 5 heteroatoms. The molecule has 0 aromatic heterocycles. The molecule has 0 radical (unpaired) electrons. The van der Waals surface area contributed by atoms with Gasteiger partial charge in [0.15, 0.2) is 0 Å². The van der Waals surface area contributed by atoms with Gasteiger partial charge in [-0.25, -0.2) is 8.78 Å². The third-order valence-electron chi connectivity index (χ3n) is 2.21. The van der Waals surface area contributed by atoms with E-state index >= 15 is 0 Å². The van der Waals surface area contributed by atoms with Crippen LogP contribution < -0.4 is 11.1 Å². The van der Waals surface area contributed by atoms with E-state index in [1.165, 1.54) is 30.3 Å². The van der Waals surface area contributed by atoms with Crippen LogP contribution in [-0.2, 0) is 0 Å². The van der Waals surface area contributed by atoms with Gasteiger partial charge in [0.1, 0.15) is 11.6 Å². The third kappa shape index (κ3) is 2.65. The number of halogens is 3. The molecule has 0 amide bonds. The van der Waals surface area contributed by atoms with E-state index in [2.05, 4.69) is 5.32 Å². The van der Waals surface area contributed by atoms with Gasteiger partial charge >= 0.3 is 0 Å². The second-order valence-electron chi connectivity index (χ2n) is 3.49. The van der Waals surface area contributed by atoms with Gasteiger partial charge in [-0.05, 0) is 36.4 Å². The van der Waals surface area contributed by atoms with E-state index in [1.54, 1.807) is 6.07 Å². The Kier molecular flexibility index (Phi) is 3.15. The SMILES string of the molecule is Nc1ccc(F)cc1Nc1ccc(Cl)c(F)c1. The van der Waals surface area contributed by atoms with E-state index in [4.69, 9.17) is 17.3 Å². The van der Waals surface area contributed by atoms with Crippen LogP contribution in [0.25, 0.3) is 0 Å². The molecular weight excluding hydrogens is 246 g/mol. The first-order chi connectivity index (χ1) is 8.06. The standard InChI is InChI=1S/C12H9ClF2N2/c13-9-3-2-8(6-10(9)15)17-12-5-7(14)1-4-11(12)16/h1-6,17H,16H2. The molecule has 0 fully saturated rings. The summed E-state index contributed by atoms with van der Waals surface area (Å²) in [6.45, 7) is 0. The van der Waals surface area contributed by atoms with Gasteiger partial charge in [0, 0.05) is 5.69 Å². The van der Waals surface area contributed by atoms with Crippen molar-refractivity contribution in [2.24, 2.45) is 0 Å². The maximum atomic E-state index is 13.2. The molecule has 0 bridgehead atoms. The van der Waals surface area contributed by atoms with Crippen molar-refractivity contribution < 1.29 is 8.78 Å². The molecule has 0 unspecified atom stereocenters. The van der Waals surface area contributed by atoms with E-state index in [1.807, 2.05) is 0 Å². The first-order valence-electron chi connectivity index (χ1n) is 4.83. The van der Waals surface area contributed by atoms with Crippen molar-refractivity contribution in [1.29, 1.82) is 0 Å². The normalized spacial score (nSPS) is 10.3. The van der Waals surface area contributed by atoms with Crippen LogP contribution in [0.2, 0.25) is 5.02 Å². The molecule has 17 heavy (non-hydrogen) atoms. The number of nitrogen functional groups attached to an aromatic ring is 1. The maximum absolute atomic E-state index is 13.2. The van der Waals surface area contributed by atoms with Crippen molar-refractivity contribution in [2.45, 2.75) is 0 Å². The van der Waals surface area contributed by atoms with E-state index in [-0.39, 0.29) is 5.02 Å². The fourth-order valence-electron chi connectivity index (χ4n) is 1.37. The summed E-state index contributed by atoms with van der Waals surface area (Å²) in [5, 5.41) is 2.85. The number of rotatable bonds is 2. The second kappa shape index (κ2) is 4.59. The molecule has 0 aliphatic carbocycles. The monoisotopic (exact) mass is 254 g/mol. The Bertz CT molecular complexity index is 558. The average molecular weight is 255 g/mol. The molecule has 0 saturated carbocycles. The third-order valence-corrected chi connectivity index (χ3v) is 2.52. The van der Waals surface area contributed by atoms with Gasteiger partial charge in [0.25, 0.3) is 0 Å². The van der Waals surface area contributed by atoms with Crippen LogP contribution in [0, 0.1) is 11.6 Å². The van der Waals surface area contributed by atoms with Crippen LogP contribution in [0.5, 0.6) is 0 Å². The lowest BCUT2D eigenvalue weighted by atomic mass is 10.2. The number of anilines is 3. The summed E-state index contributed by atoms with van der Waals surface area (Å²) in [7, 11) is 0. The first-order valence-corrected chi connectivity index (χ1v) is 5.21. The summed E-state index contributed by atoms with van der Waals surface area (Å²) in [6.07, 6.45) is 0. The van der Waals surface area contributed by atoms with Crippen molar-refractivity contribution >= 4 is 28.7 Å². The number of nitrogens with two attached hydrogens (primary N) is 1. The summed E-state index contributed by atoms with van der Waals surface area (Å²) >= 11 is 5.55. The Labute approximate surface area is 102 Å². The summed E-state index contributed by atoms with van der Waals surface area (Å²) in [5.41, 5.74) is 6.86. The number of hydrogen-bond donors (Lipinski definition) is 2. The van der Waals surface area contributed by atoms with Crippen molar-refractivity contribution in [1.82, 2.24) is 0 Å². The van der Waals surface area contributed by atoms with Gasteiger partial charge in [-0.15, -0.1) is 0 Å². The first kappa shape index (κ1) is 11.7. The largest absolute Gasteiger partial charge is 0.397 e. The highest BCUT2D eigenvalue weighted by Crippen LogP contribution is 2.26. The molecule has 2 aromatic rings. The summed E-state index contributed by atoms with van der Waals surface area (Å²) in [5.74, 6) is -0.970. The van der Waals surface area contributed by atoms with Crippen LogP contribution >= 0.6 is 11.6 Å². The molecule has 0 atom stereocenters. The van der Waals surface area contributed by atoms with Gasteiger partial charge in [-0.2, -0.15) is 0 Å². The van der Waals surface area contributed by atoms with E-state index < -0.39 is 11.6 Å². The van der Waals surface area contributed by atoms with Crippen molar-refractivity contribution in [3.63, 3.8) is 0 Å². The second-order valence-corrected chi connectivity index (χ2v) is 3.89. The van der Waals surface area contributed by atoms with Crippen LogP contribution in [0.3, 0.4) is 0 Å². The minimum Gasteiger partial charge on any atom is -0.397 e. The fourth-order valence-corrected chi connectivity index (χ4v) is 1.48. The molecule has 2 nitrogen and oxygen atoms in total. The zero-order valence-electron chi connectivity index (χ0n) is 8.68. The Morgan fingerprint density at radius 2 is 1.82 bits per heavy atom. The lowest BCUT2D eigenvalue weighted by Crippen LogP contribution is -1.97. The minimum atomic E-state index is -0.549. The Morgan fingerprint density at radius 1 is 1.06 bits per heavy atom. The topological polar surface area (TPSA) is 38.0 Å². The number of nitrogens with one attached hydrogen (secondary N) is 1. The smallest absolute Gasteiger partial charge is 0.143 e. The maximum Gasteiger partial charge on any atom is 0.143 e. The number of hydrogen-bond acceptors (Lipinski definition) is 2. The highest BCUT2D eigenvalue weighted by Gasteiger charge is 2.04. The molecule has 0 aliphatic rings. The minimum absolute atomic E-state index is 0.0303. The summed E-state index contributed by atoms with van der Waals surface area (Å²) in [4.78, 5) is 0. The molecule has 2 aromatic carbocycles. The van der Waals surface area contributed by atoms with Crippen LogP contribution in [0.4, 0.5) is 25.8 Å². The van der Waals surface area contributed by atoms with Crippen LogP contribution in [0.1, 0.15) is 0 Å². The highest BCUT2D eigenvalue weighted by atomic mass is 35.5. The lowest BCUT2D eigenvalue weighted by molar-refractivity contribution is 0.628. The summed E-state index contributed by atoms with van der Waals surface area (Å²) < 4.78 is 26.2. The molecule has 3 N–H and O–H groups in total. The van der Waals surface area contributed by atoms with Gasteiger partial charge in [-0.3, -0.25) is 0 Å². The predicted molar refractivity (Wildman–Crippen MR) is 65.5 cm³/mol. The van der Waals surface area contributed by atoms with Crippen molar-refractivity contribution in [3.05, 3.63) is 53.1 Å². The highest BCUT2D eigenvalue weighted by molar-refractivity contribution is 6.30. The molecule has 0 aliphatic heterocycles. The van der Waals surface area contributed by atoms with Gasteiger partial charge in [-0.1, -0.05) is 11.6 Å². The lowest BCUT2D eigenvalue weighted by Gasteiger charge is -2.09. The van der Waals surface area contributed by atoms with Crippen molar-refractivity contribution in [2.75, 3.05) is 11.1 Å². The zero-order valence-corrected chi connectivity index (χ0v) is 9.43. The Balaban J connectivity index is 2.31. The fraction of sp³-hybridized carbons (Fsp3) is 0. The molecular formula is C12H9ClF2N2. The number of benzene rings is 2. The zero-order chi connectivity index (χ0) is 12.4. The molecule has 88 valence electrons. The van der Waals surface area contributed by atoms with Crippen LogP contribution in [-0.4, -0.2) is 0 Å². The van der Waals surface area contributed by atoms with Crippen LogP contribution in [0.15, 0.2) is 36.4 Å². The van der Waals surface area contributed by atoms with Gasteiger partial charge in [0.2, 0.25) is 0 Å². The molecule has 0 saturated heterocycles. The van der Waals surface area contributed by atoms with E-state index in [9.17, 15) is 8.78 Å². The van der Waals surface area contributed by atoms with Gasteiger partial charge in [0.05, 0.1) is 16.4 Å².